The number of hydrogen-bond donors (Lipinski definition) is 1. The molecule has 1 aliphatic rings. The summed E-state index contributed by atoms with van der Waals surface area (Å²) in [7, 11) is 0. The second kappa shape index (κ2) is 5.11. The molecule has 0 aliphatic heterocycles. The zero-order valence-electron chi connectivity index (χ0n) is 10.6. The van der Waals surface area contributed by atoms with Gasteiger partial charge in [0.25, 0.3) is 0 Å². The molecular weight excluding hydrogens is 240 g/mol. The van der Waals surface area contributed by atoms with Crippen molar-refractivity contribution >= 4 is 17.2 Å². The standard InChI is InChI=1S/C15H18N2S/c1-2-12(14-7-4-10-18-14)16-15-9-8-11-5-3-6-13(11)17-15/h4,7-10,12H,2-3,5-6H2,1H3,(H,16,17). The third-order valence-electron chi connectivity index (χ3n) is 3.55. The minimum absolute atomic E-state index is 0.386. The van der Waals surface area contributed by atoms with Crippen LogP contribution in [0, 0.1) is 0 Å². The van der Waals surface area contributed by atoms with Gasteiger partial charge in [-0.25, -0.2) is 4.98 Å². The molecule has 0 radical (unpaired) electrons. The van der Waals surface area contributed by atoms with Crippen molar-refractivity contribution in [2.75, 3.05) is 5.32 Å². The van der Waals surface area contributed by atoms with E-state index in [-0.39, 0.29) is 0 Å². The lowest BCUT2D eigenvalue weighted by Gasteiger charge is -2.16. The number of thiophene rings is 1. The fourth-order valence-electron chi connectivity index (χ4n) is 2.54. The van der Waals surface area contributed by atoms with Crippen LogP contribution in [0.1, 0.15) is 41.9 Å². The average molecular weight is 258 g/mol. The van der Waals surface area contributed by atoms with Crippen molar-refractivity contribution in [3.63, 3.8) is 0 Å². The van der Waals surface area contributed by atoms with Crippen LogP contribution in [-0.4, -0.2) is 4.98 Å². The molecule has 2 aromatic rings. The average Bonchev–Trinajstić information content (AvgIpc) is 3.06. The summed E-state index contributed by atoms with van der Waals surface area (Å²) in [5, 5.41) is 5.69. The van der Waals surface area contributed by atoms with Crippen molar-refractivity contribution < 1.29 is 0 Å². The topological polar surface area (TPSA) is 24.9 Å². The summed E-state index contributed by atoms with van der Waals surface area (Å²) in [6, 6.07) is 9.05. The number of pyridine rings is 1. The maximum Gasteiger partial charge on any atom is 0.126 e. The Kier molecular flexibility index (Phi) is 3.33. The molecule has 3 rings (SSSR count). The molecule has 0 amide bonds. The fraction of sp³-hybridized carbons (Fsp3) is 0.400. The van der Waals surface area contributed by atoms with Crippen LogP contribution in [0.4, 0.5) is 5.82 Å². The zero-order chi connectivity index (χ0) is 12.4. The van der Waals surface area contributed by atoms with E-state index < -0.39 is 0 Å². The van der Waals surface area contributed by atoms with Gasteiger partial charge >= 0.3 is 0 Å². The van der Waals surface area contributed by atoms with Crippen LogP contribution in [0.3, 0.4) is 0 Å². The highest BCUT2D eigenvalue weighted by Gasteiger charge is 2.15. The molecule has 2 nitrogen and oxygen atoms in total. The molecule has 0 bridgehead atoms. The van der Waals surface area contributed by atoms with Gasteiger partial charge in [-0.2, -0.15) is 0 Å². The minimum Gasteiger partial charge on any atom is -0.362 e. The number of nitrogens with one attached hydrogen (secondary N) is 1. The van der Waals surface area contributed by atoms with Crippen molar-refractivity contribution in [2.24, 2.45) is 0 Å². The molecule has 0 fully saturated rings. The molecule has 2 heterocycles. The number of rotatable bonds is 4. The molecule has 18 heavy (non-hydrogen) atoms. The summed E-state index contributed by atoms with van der Waals surface area (Å²) in [5.41, 5.74) is 2.73. The SMILES string of the molecule is CCC(Nc1ccc2c(n1)CCC2)c1cccs1. The summed E-state index contributed by atoms with van der Waals surface area (Å²) < 4.78 is 0. The van der Waals surface area contributed by atoms with Gasteiger partial charge in [-0.1, -0.05) is 19.1 Å². The molecule has 1 aliphatic carbocycles. The van der Waals surface area contributed by atoms with E-state index in [1.54, 1.807) is 0 Å². The normalized spacial score (nSPS) is 15.4. The summed E-state index contributed by atoms with van der Waals surface area (Å²) in [6.45, 7) is 2.21. The third-order valence-corrected chi connectivity index (χ3v) is 4.53. The highest BCUT2D eigenvalue weighted by atomic mass is 32.1. The van der Waals surface area contributed by atoms with Crippen LogP contribution >= 0.6 is 11.3 Å². The first kappa shape index (κ1) is 11.7. The van der Waals surface area contributed by atoms with Crippen molar-refractivity contribution in [1.29, 1.82) is 0 Å². The Balaban J connectivity index is 1.79. The Morgan fingerprint density at radius 3 is 3.06 bits per heavy atom. The number of aromatic nitrogens is 1. The molecule has 3 heteroatoms. The van der Waals surface area contributed by atoms with Crippen LogP contribution < -0.4 is 5.32 Å². The molecule has 1 N–H and O–H groups in total. The van der Waals surface area contributed by atoms with Crippen molar-refractivity contribution in [3.8, 4) is 0 Å². The molecular formula is C15H18N2S. The smallest absolute Gasteiger partial charge is 0.126 e. The van der Waals surface area contributed by atoms with Crippen LogP contribution in [0.5, 0.6) is 0 Å². The fourth-order valence-corrected chi connectivity index (χ4v) is 3.40. The first-order valence-corrected chi connectivity index (χ1v) is 7.53. The Morgan fingerprint density at radius 1 is 1.33 bits per heavy atom. The second-order valence-electron chi connectivity index (χ2n) is 4.78. The third kappa shape index (κ3) is 2.27. The van der Waals surface area contributed by atoms with Crippen LogP contribution in [-0.2, 0) is 12.8 Å². The molecule has 0 aromatic carbocycles. The van der Waals surface area contributed by atoms with Gasteiger partial charge < -0.3 is 5.32 Å². The predicted octanol–water partition coefficient (Wildman–Crippen LogP) is 4.20. The summed E-state index contributed by atoms with van der Waals surface area (Å²) >= 11 is 1.81. The largest absolute Gasteiger partial charge is 0.362 e. The molecule has 0 saturated carbocycles. The Bertz CT molecular complexity index is 519. The highest BCUT2D eigenvalue weighted by molar-refractivity contribution is 7.10. The van der Waals surface area contributed by atoms with E-state index in [0.29, 0.717) is 6.04 Å². The molecule has 1 unspecified atom stereocenters. The number of anilines is 1. The van der Waals surface area contributed by atoms with Crippen LogP contribution in [0.25, 0.3) is 0 Å². The number of nitrogens with zero attached hydrogens (tertiary/aromatic N) is 1. The monoisotopic (exact) mass is 258 g/mol. The van der Waals surface area contributed by atoms with Gasteiger partial charge in [0, 0.05) is 10.6 Å². The van der Waals surface area contributed by atoms with Gasteiger partial charge in [0.1, 0.15) is 5.82 Å². The van der Waals surface area contributed by atoms with Gasteiger partial charge in [-0.3, -0.25) is 0 Å². The predicted molar refractivity (Wildman–Crippen MR) is 77.2 cm³/mol. The molecule has 0 saturated heterocycles. The van der Waals surface area contributed by atoms with Gasteiger partial charge in [-0.05, 0) is 48.8 Å². The summed E-state index contributed by atoms with van der Waals surface area (Å²) in [6.07, 6.45) is 4.68. The quantitative estimate of drug-likeness (QED) is 0.889. The van der Waals surface area contributed by atoms with Crippen molar-refractivity contribution in [3.05, 3.63) is 45.8 Å². The first-order valence-electron chi connectivity index (χ1n) is 6.65. The number of aryl methyl sites for hydroxylation is 2. The molecule has 2 aromatic heterocycles. The van der Waals surface area contributed by atoms with E-state index in [1.807, 2.05) is 11.3 Å². The van der Waals surface area contributed by atoms with E-state index >= 15 is 0 Å². The lowest BCUT2D eigenvalue weighted by molar-refractivity contribution is 0.757. The number of hydrogen-bond acceptors (Lipinski definition) is 3. The van der Waals surface area contributed by atoms with Crippen molar-refractivity contribution in [1.82, 2.24) is 4.98 Å². The van der Waals surface area contributed by atoms with Crippen LogP contribution in [0.2, 0.25) is 0 Å². The maximum atomic E-state index is 4.74. The molecule has 0 spiro atoms. The zero-order valence-corrected chi connectivity index (χ0v) is 11.5. The summed E-state index contributed by atoms with van der Waals surface area (Å²) in [4.78, 5) is 6.13. The first-order chi connectivity index (χ1) is 8.86. The van der Waals surface area contributed by atoms with Gasteiger partial charge in [0.15, 0.2) is 0 Å². The Labute approximate surface area is 112 Å². The van der Waals surface area contributed by atoms with E-state index in [1.165, 1.54) is 29.0 Å². The lowest BCUT2D eigenvalue weighted by atomic mass is 10.2. The molecule has 94 valence electrons. The van der Waals surface area contributed by atoms with E-state index in [9.17, 15) is 0 Å². The highest BCUT2D eigenvalue weighted by Crippen LogP contribution is 2.27. The van der Waals surface area contributed by atoms with Gasteiger partial charge in [-0.15, -0.1) is 11.3 Å². The van der Waals surface area contributed by atoms with Gasteiger partial charge in [0.05, 0.1) is 6.04 Å². The van der Waals surface area contributed by atoms with Crippen molar-refractivity contribution in [2.45, 2.75) is 38.6 Å². The van der Waals surface area contributed by atoms with Crippen LogP contribution in [0.15, 0.2) is 29.6 Å². The minimum atomic E-state index is 0.386. The Morgan fingerprint density at radius 2 is 2.28 bits per heavy atom. The Hall–Kier alpha value is -1.35. The molecule has 1 atom stereocenters. The second-order valence-corrected chi connectivity index (χ2v) is 5.76. The maximum absolute atomic E-state index is 4.74. The van der Waals surface area contributed by atoms with E-state index in [2.05, 4.69) is 41.9 Å². The summed E-state index contributed by atoms with van der Waals surface area (Å²) in [5.74, 6) is 1.02. The number of fused-ring (bicyclic) bond motifs is 1. The van der Waals surface area contributed by atoms with E-state index in [0.717, 1.165) is 18.7 Å². The lowest BCUT2D eigenvalue weighted by Crippen LogP contribution is -2.10. The van der Waals surface area contributed by atoms with E-state index in [4.69, 9.17) is 4.98 Å². The van der Waals surface area contributed by atoms with Gasteiger partial charge in [0.2, 0.25) is 0 Å².